The maximum Gasteiger partial charge on any atom is 0.303 e. The lowest BCUT2D eigenvalue weighted by Gasteiger charge is -2.37. The van der Waals surface area contributed by atoms with Gasteiger partial charge in [0.15, 0.2) is 23.7 Å². The number of carboxylic acids is 1. The fourth-order valence-corrected chi connectivity index (χ4v) is 3.25. The molecule has 7 heteroatoms. The second-order valence-corrected chi connectivity index (χ2v) is 6.83. The van der Waals surface area contributed by atoms with Crippen molar-refractivity contribution < 1.29 is 32.5 Å². The Morgan fingerprint density at radius 3 is 2.41 bits per heavy atom. The Morgan fingerprint density at radius 2 is 1.76 bits per heavy atom. The summed E-state index contributed by atoms with van der Waals surface area (Å²) in [6, 6.07) is 11.1. The number of hydrogen-bond donors (Lipinski definition) is 1. The van der Waals surface area contributed by atoms with Crippen LogP contribution in [0, 0.1) is 23.4 Å². The van der Waals surface area contributed by atoms with Gasteiger partial charge >= 0.3 is 5.97 Å². The summed E-state index contributed by atoms with van der Waals surface area (Å²) in [6.45, 7) is 0.258. The summed E-state index contributed by atoms with van der Waals surface area (Å²) in [5.74, 6) is -5.07. The standard InChI is InChI=1S/C22H21F3O4/c23-17-11-16(12-18(24)20(17)25)22-28-13-15(9-5-2-6-10-19(26)27)21(29-22)14-7-3-1-4-8-14/h1-5,7-8,11-12,15,21-22H,6,9-10,13H2,(H,26,27)/b5-2-. The molecule has 1 fully saturated rings. The summed E-state index contributed by atoms with van der Waals surface area (Å²) >= 11 is 0. The molecule has 154 valence electrons. The molecule has 29 heavy (non-hydrogen) atoms. The second kappa shape index (κ2) is 9.71. The van der Waals surface area contributed by atoms with Crippen LogP contribution in [-0.4, -0.2) is 17.7 Å². The van der Waals surface area contributed by atoms with E-state index in [9.17, 15) is 18.0 Å². The number of rotatable bonds is 7. The first kappa shape index (κ1) is 21.1. The van der Waals surface area contributed by atoms with Crippen LogP contribution in [0.5, 0.6) is 0 Å². The third-order valence-corrected chi connectivity index (χ3v) is 4.70. The van der Waals surface area contributed by atoms with Crippen molar-refractivity contribution in [2.75, 3.05) is 6.61 Å². The van der Waals surface area contributed by atoms with Crippen LogP contribution in [0.15, 0.2) is 54.6 Å². The molecule has 0 saturated carbocycles. The van der Waals surface area contributed by atoms with Crippen LogP contribution in [0.2, 0.25) is 0 Å². The van der Waals surface area contributed by atoms with Crippen molar-refractivity contribution in [2.45, 2.75) is 31.7 Å². The summed E-state index contributed by atoms with van der Waals surface area (Å²) in [4.78, 5) is 10.6. The Hall–Kier alpha value is -2.64. The van der Waals surface area contributed by atoms with Gasteiger partial charge in [0.2, 0.25) is 0 Å². The van der Waals surface area contributed by atoms with E-state index < -0.39 is 35.8 Å². The first-order valence-electron chi connectivity index (χ1n) is 9.29. The molecule has 0 amide bonds. The Morgan fingerprint density at radius 1 is 1.07 bits per heavy atom. The first-order chi connectivity index (χ1) is 14.0. The minimum Gasteiger partial charge on any atom is -0.481 e. The number of carboxylic acid groups (broad SMARTS) is 1. The van der Waals surface area contributed by atoms with E-state index in [2.05, 4.69) is 0 Å². The molecule has 1 heterocycles. The molecule has 4 nitrogen and oxygen atoms in total. The number of aliphatic carboxylic acids is 1. The maximum absolute atomic E-state index is 13.6. The number of ether oxygens (including phenoxy) is 2. The topological polar surface area (TPSA) is 55.8 Å². The maximum atomic E-state index is 13.6. The second-order valence-electron chi connectivity index (χ2n) is 6.83. The van der Waals surface area contributed by atoms with Gasteiger partial charge in [-0.05, 0) is 30.5 Å². The van der Waals surface area contributed by atoms with Gasteiger partial charge in [-0.15, -0.1) is 0 Å². The van der Waals surface area contributed by atoms with Gasteiger partial charge in [-0.25, -0.2) is 13.2 Å². The molecule has 2 aromatic carbocycles. The van der Waals surface area contributed by atoms with E-state index in [1.807, 2.05) is 36.4 Å². The van der Waals surface area contributed by atoms with Crippen LogP contribution in [0.3, 0.4) is 0 Å². The van der Waals surface area contributed by atoms with E-state index in [1.54, 1.807) is 6.08 Å². The SMILES string of the molecule is O=C(O)CC/C=C\CC1COC(c2cc(F)c(F)c(F)c2)OC1c1ccccc1. The summed E-state index contributed by atoms with van der Waals surface area (Å²) in [5.41, 5.74) is 0.950. The van der Waals surface area contributed by atoms with Crippen molar-refractivity contribution in [3.05, 3.63) is 83.2 Å². The molecule has 0 spiro atoms. The molecule has 3 atom stereocenters. The fourth-order valence-electron chi connectivity index (χ4n) is 3.25. The predicted molar refractivity (Wildman–Crippen MR) is 99.4 cm³/mol. The summed E-state index contributed by atoms with van der Waals surface area (Å²) in [6.07, 6.45) is 3.31. The van der Waals surface area contributed by atoms with Crippen LogP contribution < -0.4 is 0 Å². The fraction of sp³-hybridized carbons (Fsp3) is 0.318. The molecule has 0 aliphatic carbocycles. The molecular formula is C22H21F3O4. The lowest BCUT2D eigenvalue weighted by atomic mass is 9.92. The Labute approximate surface area is 166 Å². The molecular weight excluding hydrogens is 385 g/mol. The molecule has 0 bridgehead atoms. The number of carbonyl (C=O) groups is 1. The van der Waals surface area contributed by atoms with E-state index in [0.29, 0.717) is 12.8 Å². The van der Waals surface area contributed by atoms with Crippen molar-refractivity contribution >= 4 is 5.97 Å². The van der Waals surface area contributed by atoms with Crippen molar-refractivity contribution in [2.24, 2.45) is 5.92 Å². The summed E-state index contributed by atoms with van der Waals surface area (Å²) < 4.78 is 52.2. The van der Waals surface area contributed by atoms with E-state index >= 15 is 0 Å². The van der Waals surface area contributed by atoms with Gasteiger partial charge in [-0.3, -0.25) is 4.79 Å². The zero-order chi connectivity index (χ0) is 20.8. The normalized spacial score (nSPS) is 22.1. The lowest BCUT2D eigenvalue weighted by Crippen LogP contribution is -2.30. The average molecular weight is 406 g/mol. The Kier molecular flexibility index (Phi) is 7.06. The van der Waals surface area contributed by atoms with Gasteiger partial charge in [0.05, 0.1) is 12.7 Å². The number of allylic oxidation sites excluding steroid dienone is 2. The van der Waals surface area contributed by atoms with Gasteiger partial charge in [-0.1, -0.05) is 42.5 Å². The van der Waals surface area contributed by atoms with E-state index in [0.717, 1.165) is 17.7 Å². The molecule has 3 unspecified atom stereocenters. The van der Waals surface area contributed by atoms with Crippen LogP contribution >= 0.6 is 0 Å². The number of halogens is 3. The number of benzene rings is 2. The largest absolute Gasteiger partial charge is 0.481 e. The summed E-state index contributed by atoms with van der Waals surface area (Å²) in [5, 5.41) is 8.70. The molecule has 0 radical (unpaired) electrons. The van der Waals surface area contributed by atoms with Crippen molar-refractivity contribution in [1.82, 2.24) is 0 Å². The van der Waals surface area contributed by atoms with E-state index in [1.165, 1.54) is 0 Å². The van der Waals surface area contributed by atoms with Gasteiger partial charge in [0.1, 0.15) is 0 Å². The summed E-state index contributed by atoms with van der Waals surface area (Å²) in [7, 11) is 0. The third kappa shape index (κ3) is 5.46. The molecule has 0 aromatic heterocycles. The van der Waals surface area contributed by atoms with Crippen LogP contribution in [0.25, 0.3) is 0 Å². The minimum absolute atomic E-state index is 0.0556. The molecule has 1 aliphatic heterocycles. The van der Waals surface area contributed by atoms with Crippen molar-refractivity contribution in [3.63, 3.8) is 0 Å². The molecule has 1 N–H and O–H groups in total. The highest BCUT2D eigenvalue weighted by molar-refractivity contribution is 5.66. The molecule has 2 aromatic rings. The molecule has 3 rings (SSSR count). The Balaban J connectivity index is 1.76. The monoisotopic (exact) mass is 406 g/mol. The van der Waals surface area contributed by atoms with Gasteiger partial charge in [0.25, 0.3) is 0 Å². The van der Waals surface area contributed by atoms with Crippen LogP contribution in [-0.2, 0) is 14.3 Å². The van der Waals surface area contributed by atoms with Crippen LogP contribution in [0.1, 0.15) is 42.8 Å². The molecule has 1 aliphatic rings. The highest BCUT2D eigenvalue weighted by Gasteiger charge is 2.34. The zero-order valence-corrected chi connectivity index (χ0v) is 15.6. The minimum atomic E-state index is -1.53. The smallest absolute Gasteiger partial charge is 0.303 e. The van der Waals surface area contributed by atoms with Crippen molar-refractivity contribution in [3.8, 4) is 0 Å². The van der Waals surface area contributed by atoms with E-state index in [-0.39, 0.29) is 24.5 Å². The van der Waals surface area contributed by atoms with Gasteiger partial charge in [-0.2, -0.15) is 0 Å². The zero-order valence-electron chi connectivity index (χ0n) is 15.6. The molecule has 1 saturated heterocycles. The third-order valence-electron chi connectivity index (χ3n) is 4.70. The lowest BCUT2D eigenvalue weighted by molar-refractivity contribution is -0.244. The van der Waals surface area contributed by atoms with Crippen LogP contribution in [0.4, 0.5) is 13.2 Å². The quantitative estimate of drug-likeness (QED) is 0.500. The number of hydrogen-bond acceptors (Lipinski definition) is 3. The highest BCUT2D eigenvalue weighted by Crippen LogP contribution is 2.40. The predicted octanol–water partition coefficient (Wildman–Crippen LogP) is 5.32. The van der Waals surface area contributed by atoms with Gasteiger partial charge in [0, 0.05) is 17.9 Å². The van der Waals surface area contributed by atoms with Gasteiger partial charge < -0.3 is 14.6 Å². The first-order valence-corrected chi connectivity index (χ1v) is 9.29. The Bertz CT molecular complexity index is 847. The average Bonchev–Trinajstić information content (AvgIpc) is 2.72. The van der Waals surface area contributed by atoms with E-state index in [4.69, 9.17) is 14.6 Å². The van der Waals surface area contributed by atoms with Crippen molar-refractivity contribution in [1.29, 1.82) is 0 Å². The highest BCUT2D eigenvalue weighted by atomic mass is 19.2.